The van der Waals surface area contributed by atoms with E-state index in [9.17, 15) is 0 Å². The van der Waals surface area contributed by atoms with Crippen molar-refractivity contribution in [2.45, 2.75) is 12.5 Å². The second kappa shape index (κ2) is 11.1. The summed E-state index contributed by atoms with van der Waals surface area (Å²) in [6.07, 6.45) is 0.953. The van der Waals surface area contributed by atoms with Gasteiger partial charge >= 0.3 is 9.28 Å². The molecule has 0 aliphatic carbocycles. The summed E-state index contributed by atoms with van der Waals surface area (Å²) < 4.78 is 32.9. The first-order valence-electron chi connectivity index (χ1n) is 5.17. The van der Waals surface area contributed by atoms with Gasteiger partial charge in [0.15, 0.2) is 0 Å². The van der Waals surface area contributed by atoms with Gasteiger partial charge in [-0.2, -0.15) is 0 Å². The maximum atomic E-state index is 5.69. The highest BCUT2D eigenvalue weighted by Crippen LogP contribution is 2.00. The molecule has 1 saturated heterocycles. The van der Waals surface area contributed by atoms with Crippen LogP contribution >= 0.6 is 0 Å². The van der Waals surface area contributed by atoms with Crippen LogP contribution in [0.2, 0.25) is 6.04 Å². The van der Waals surface area contributed by atoms with E-state index in [0.717, 1.165) is 12.5 Å². The Morgan fingerprint density at radius 3 is 1.81 bits per heavy atom. The maximum Gasteiger partial charge on any atom is 0.303 e. The highest BCUT2D eigenvalue weighted by Gasteiger charge is 2.13. The summed E-state index contributed by atoms with van der Waals surface area (Å²) >= 11 is 0. The van der Waals surface area contributed by atoms with E-state index in [0.29, 0.717) is 6.54 Å². The van der Waals surface area contributed by atoms with Gasteiger partial charge in [0.2, 0.25) is 0 Å². The van der Waals surface area contributed by atoms with Gasteiger partial charge in [-0.25, -0.2) is 0 Å². The molecule has 0 atom stereocenters. The lowest BCUT2D eigenvalue weighted by Gasteiger charge is -2.18. The van der Waals surface area contributed by atoms with E-state index >= 15 is 0 Å². The van der Waals surface area contributed by atoms with E-state index in [2.05, 4.69) is 0 Å². The van der Waals surface area contributed by atoms with Crippen molar-refractivity contribution in [3.8, 4) is 0 Å². The molecule has 1 aliphatic heterocycles. The molecule has 0 spiro atoms. The Morgan fingerprint density at radius 1 is 0.812 bits per heavy atom. The molecule has 0 bridgehead atoms. The van der Waals surface area contributed by atoms with E-state index in [1.807, 2.05) is 0 Å². The molecule has 0 radical (unpaired) electrons. The molecule has 0 saturated carbocycles. The van der Waals surface area contributed by atoms with E-state index in [1.54, 1.807) is 0 Å². The molecule has 2 N–H and O–H groups in total. The van der Waals surface area contributed by atoms with Crippen LogP contribution in [0.5, 0.6) is 0 Å². The second-order valence-electron chi connectivity index (χ2n) is 3.10. The Bertz CT molecular complexity index is 155. The average molecular weight is 334 g/mol. The lowest BCUT2D eigenvalue weighted by Crippen LogP contribution is -2.31. The van der Waals surface area contributed by atoms with Gasteiger partial charge in [0.05, 0.1) is 0 Å². The van der Waals surface area contributed by atoms with Crippen molar-refractivity contribution in [2.24, 2.45) is 5.73 Å². The zero-order chi connectivity index (χ0) is 11.5. The minimum absolute atomic E-state index is 0.683. The first-order chi connectivity index (χ1) is 7.93. The zero-order valence-corrected chi connectivity index (χ0v) is 17.5. The van der Waals surface area contributed by atoms with Crippen LogP contribution in [0.15, 0.2) is 0 Å². The third-order valence-corrected chi connectivity index (χ3v) is 12.1. The fourth-order valence-corrected chi connectivity index (χ4v) is 13.6. The molecule has 1 aliphatic rings. The molecule has 0 unspecified atom stereocenters. The Kier molecular flexibility index (Phi) is 10.5. The van der Waals surface area contributed by atoms with Crippen molar-refractivity contribution in [3.63, 3.8) is 0 Å². The van der Waals surface area contributed by atoms with Gasteiger partial charge in [0.25, 0.3) is 50.0 Å². The average Bonchev–Trinajstić information content (AvgIpc) is 2.28. The molecule has 7 nitrogen and oxygen atoms in total. The van der Waals surface area contributed by atoms with Gasteiger partial charge in [-0.05, 0) is 19.0 Å². The molecule has 0 aromatic carbocycles. The molecule has 13 heteroatoms. The third-order valence-electron chi connectivity index (χ3n) is 1.82. The standard InChI is InChI=1S/C3H19NO6Si6/c4-2-1-3-16-9-14-7-12-5-11-6-13-8-15-10-16/h16H,1-4,11-15H2. The summed E-state index contributed by atoms with van der Waals surface area (Å²) in [5.41, 5.74) is 5.47. The normalized spacial score (nSPS) is 33.2. The van der Waals surface area contributed by atoms with Crippen molar-refractivity contribution in [1.82, 2.24) is 0 Å². The largest absolute Gasteiger partial charge is 0.425 e. The summed E-state index contributed by atoms with van der Waals surface area (Å²) in [4.78, 5) is 0. The molecular weight excluding hydrogens is 315 g/mol. The fourth-order valence-electron chi connectivity index (χ4n) is 1.06. The molecule has 0 aromatic heterocycles. The molecule has 96 valence electrons. The fraction of sp³-hybridized carbons (Fsp3) is 1.00. The molecule has 1 fully saturated rings. The summed E-state index contributed by atoms with van der Waals surface area (Å²) in [7, 11) is -5.95. The Morgan fingerprint density at radius 2 is 1.31 bits per heavy atom. The first kappa shape index (κ1) is 15.1. The molecule has 0 amide bonds. The molecular formula is C3H19NO6Si6. The lowest BCUT2D eigenvalue weighted by atomic mass is 10.5. The van der Waals surface area contributed by atoms with Crippen molar-refractivity contribution >= 4 is 59.3 Å². The Hall–Kier alpha value is 1.02. The topological polar surface area (TPSA) is 81.4 Å². The van der Waals surface area contributed by atoms with Crippen LogP contribution in [0.1, 0.15) is 6.42 Å². The molecule has 0 aromatic rings. The zero-order valence-electron chi connectivity index (χ0n) is 9.26. The van der Waals surface area contributed by atoms with Gasteiger partial charge in [0, 0.05) is 0 Å². The van der Waals surface area contributed by atoms with Crippen molar-refractivity contribution in [3.05, 3.63) is 0 Å². The van der Waals surface area contributed by atoms with Gasteiger partial charge in [0.1, 0.15) is 0 Å². The van der Waals surface area contributed by atoms with Crippen LogP contribution in [0.3, 0.4) is 0 Å². The predicted octanol–water partition coefficient (Wildman–Crippen LogP) is -5.34. The van der Waals surface area contributed by atoms with Crippen LogP contribution in [0.25, 0.3) is 0 Å². The minimum Gasteiger partial charge on any atom is -0.425 e. The Labute approximate surface area is 109 Å². The smallest absolute Gasteiger partial charge is 0.303 e. The second-order valence-corrected chi connectivity index (χ2v) is 14.9. The van der Waals surface area contributed by atoms with Crippen molar-refractivity contribution in [1.29, 1.82) is 0 Å². The highest BCUT2D eigenvalue weighted by molar-refractivity contribution is 6.59. The summed E-state index contributed by atoms with van der Waals surface area (Å²) in [5, 5.41) is 0. The third kappa shape index (κ3) is 8.16. The van der Waals surface area contributed by atoms with Crippen molar-refractivity contribution < 1.29 is 24.7 Å². The Balaban J connectivity index is 2.19. The lowest BCUT2D eigenvalue weighted by molar-refractivity contribution is 0.333. The SMILES string of the molecule is NCCC[SiH]1O[SiH2]O[SiH2]O[SiH2]O[SiH2]O[SiH2]O1. The monoisotopic (exact) mass is 333 g/mol. The van der Waals surface area contributed by atoms with Crippen LogP contribution in [0.4, 0.5) is 0 Å². The molecule has 16 heavy (non-hydrogen) atoms. The van der Waals surface area contributed by atoms with Gasteiger partial charge in [-0.15, -0.1) is 0 Å². The van der Waals surface area contributed by atoms with Crippen LogP contribution < -0.4 is 5.73 Å². The molecule has 1 rings (SSSR count). The van der Waals surface area contributed by atoms with Crippen LogP contribution in [0, 0.1) is 0 Å². The quantitative estimate of drug-likeness (QED) is 0.517. The van der Waals surface area contributed by atoms with E-state index in [-0.39, 0.29) is 0 Å². The number of rotatable bonds is 3. The minimum atomic E-state index is -1.56. The number of nitrogens with two attached hydrogens (primary N) is 1. The van der Waals surface area contributed by atoms with E-state index < -0.39 is 59.3 Å². The van der Waals surface area contributed by atoms with Crippen molar-refractivity contribution in [2.75, 3.05) is 6.54 Å². The summed E-state index contributed by atoms with van der Waals surface area (Å²) in [6, 6.07) is 0.947. The highest BCUT2D eigenvalue weighted by atomic mass is 28.4. The van der Waals surface area contributed by atoms with Gasteiger partial charge < -0.3 is 30.4 Å². The number of hydrogen-bond donors (Lipinski definition) is 1. The molecule has 1 heterocycles. The van der Waals surface area contributed by atoms with Gasteiger partial charge in [-0.1, -0.05) is 0 Å². The summed E-state index contributed by atoms with van der Waals surface area (Å²) in [6.45, 7) is 0.683. The maximum absolute atomic E-state index is 5.69. The van der Waals surface area contributed by atoms with Crippen LogP contribution in [-0.2, 0) is 24.7 Å². The van der Waals surface area contributed by atoms with E-state index in [4.69, 9.17) is 30.4 Å². The van der Waals surface area contributed by atoms with Crippen LogP contribution in [-0.4, -0.2) is 65.9 Å². The first-order valence-corrected chi connectivity index (χ1v) is 12.7. The summed E-state index contributed by atoms with van der Waals surface area (Å²) in [5.74, 6) is 0. The van der Waals surface area contributed by atoms with E-state index in [1.165, 1.54) is 0 Å². The number of hydrogen-bond acceptors (Lipinski definition) is 7. The predicted molar refractivity (Wildman–Crippen MR) is 74.9 cm³/mol. The van der Waals surface area contributed by atoms with Gasteiger partial charge in [-0.3, -0.25) is 0 Å².